The first-order chi connectivity index (χ1) is 9.15. The van der Waals surface area contributed by atoms with E-state index in [0.29, 0.717) is 18.0 Å². The molecular formula is C14H19ClN2O2. The average Bonchev–Trinajstić information content (AvgIpc) is 2.39. The number of carbonyl (C=O) groups is 1. The van der Waals surface area contributed by atoms with Crippen molar-refractivity contribution in [3.63, 3.8) is 0 Å². The van der Waals surface area contributed by atoms with E-state index in [9.17, 15) is 4.79 Å². The van der Waals surface area contributed by atoms with E-state index in [1.165, 1.54) is 0 Å². The maximum absolute atomic E-state index is 11.8. The Morgan fingerprint density at radius 2 is 2.32 bits per heavy atom. The summed E-state index contributed by atoms with van der Waals surface area (Å²) in [6.07, 6.45) is 0.385. The molecule has 5 heteroatoms. The van der Waals surface area contributed by atoms with E-state index in [0.717, 1.165) is 25.3 Å². The molecule has 1 aliphatic rings. The topological polar surface area (TPSA) is 41.6 Å². The van der Waals surface area contributed by atoms with Gasteiger partial charge in [0, 0.05) is 24.7 Å². The molecule has 0 bridgehead atoms. The number of benzene rings is 1. The molecular weight excluding hydrogens is 264 g/mol. The second-order valence-electron chi connectivity index (χ2n) is 4.83. The van der Waals surface area contributed by atoms with Crippen molar-refractivity contribution in [1.82, 2.24) is 10.2 Å². The minimum atomic E-state index is -0.0232. The van der Waals surface area contributed by atoms with Crippen molar-refractivity contribution in [2.75, 3.05) is 33.3 Å². The van der Waals surface area contributed by atoms with Crippen molar-refractivity contribution in [3.05, 3.63) is 34.9 Å². The summed E-state index contributed by atoms with van der Waals surface area (Å²) in [5.41, 5.74) is 0.850. The number of carbonyl (C=O) groups excluding carboxylic acids is 1. The van der Waals surface area contributed by atoms with Crippen LogP contribution in [0.1, 0.15) is 5.56 Å². The van der Waals surface area contributed by atoms with Crippen molar-refractivity contribution in [2.45, 2.75) is 12.5 Å². The zero-order chi connectivity index (χ0) is 13.7. The number of nitrogens with zero attached hydrogens (tertiary/aromatic N) is 1. The number of nitrogens with one attached hydrogen (secondary N) is 1. The third-order valence-corrected chi connectivity index (χ3v) is 3.55. The van der Waals surface area contributed by atoms with E-state index in [4.69, 9.17) is 16.3 Å². The molecule has 1 heterocycles. The fraction of sp³-hybridized carbons (Fsp3) is 0.500. The molecule has 0 aromatic heterocycles. The fourth-order valence-electron chi connectivity index (χ4n) is 2.10. The summed E-state index contributed by atoms with van der Waals surface area (Å²) < 4.78 is 5.59. The summed E-state index contributed by atoms with van der Waals surface area (Å²) in [4.78, 5) is 14.1. The second kappa shape index (κ2) is 6.89. The summed E-state index contributed by atoms with van der Waals surface area (Å²) >= 11 is 6.02. The van der Waals surface area contributed by atoms with E-state index in [1.54, 1.807) is 6.07 Å². The maximum Gasteiger partial charge on any atom is 0.224 e. The van der Waals surface area contributed by atoms with Gasteiger partial charge in [0.1, 0.15) is 0 Å². The van der Waals surface area contributed by atoms with Gasteiger partial charge in [-0.2, -0.15) is 0 Å². The van der Waals surface area contributed by atoms with Gasteiger partial charge in [-0.3, -0.25) is 4.79 Å². The average molecular weight is 283 g/mol. The van der Waals surface area contributed by atoms with Crippen LogP contribution in [-0.4, -0.2) is 50.2 Å². The van der Waals surface area contributed by atoms with Crippen LogP contribution in [0.25, 0.3) is 0 Å². The van der Waals surface area contributed by atoms with Crippen LogP contribution in [-0.2, 0) is 16.0 Å². The molecule has 1 unspecified atom stereocenters. The lowest BCUT2D eigenvalue weighted by Crippen LogP contribution is -2.46. The van der Waals surface area contributed by atoms with Gasteiger partial charge in [-0.1, -0.05) is 29.8 Å². The maximum atomic E-state index is 11.8. The predicted octanol–water partition coefficient (Wildman–Crippen LogP) is 1.33. The van der Waals surface area contributed by atoms with Gasteiger partial charge in [-0.05, 0) is 18.7 Å². The Bertz CT molecular complexity index is 439. The van der Waals surface area contributed by atoms with E-state index in [1.807, 2.05) is 18.2 Å². The van der Waals surface area contributed by atoms with Crippen LogP contribution in [0.3, 0.4) is 0 Å². The molecule has 1 saturated heterocycles. The van der Waals surface area contributed by atoms with Crippen LogP contribution < -0.4 is 5.32 Å². The summed E-state index contributed by atoms with van der Waals surface area (Å²) in [6, 6.07) is 7.40. The van der Waals surface area contributed by atoms with Crippen molar-refractivity contribution < 1.29 is 9.53 Å². The van der Waals surface area contributed by atoms with E-state index < -0.39 is 0 Å². The number of rotatable bonds is 4. The van der Waals surface area contributed by atoms with Crippen molar-refractivity contribution in [1.29, 1.82) is 0 Å². The van der Waals surface area contributed by atoms with Gasteiger partial charge in [-0.15, -0.1) is 0 Å². The highest BCUT2D eigenvalue weighted by Gasteiger charge is 2.18. The molecule has 104 valence electrons. The second-order valence-corrected chi connectivity index (χ2v) is 5.23. The summed E-state index contributed by atoms with van der Waals surface area (Å²) in [5, 5.41) is 3.53. The number of morpholine rings is 1. The lowest BCUT2D eigenvalue weighted by molar-refractivity contribution is -0.121. The normalized spacial score (nSPS) is 20.2. The largest absolute Gasteiger partial charge is 0.374 e. The predicted molar refractivity (Wildman–Crippen MR) is 75.4 cm³/mol. The molecule has 1 aromatic carbocycles. The third-order valence-electron chi connectivity index (χ3n) is 3.18. The van der Waals surface area contributed by atoms with Gasteiger partial charge < -0.3 is 15.0 Å². The standard InChI is InChI=1S/C14H19ClN2O2/c1-17-6-7-19-12(10-17)9-16-14(18)8-11-4-2-3-5-13(11)15/h2-5,12H,6-10H2,1H3,(H,16,18). The first-order valence-electron chi connectivity index (χ1n) is 6.45. The quantitative estimate of drug-likeness (QED) is 0.906. The monoisotopic (exact) mass is 282 g/mol. The van der Waals surface area contributed by atoms with Crippen LogP contribution in [0.2, 0.25) is 5.02 Å². The molecule has 0 spiro atoms. The number of likely N-dealkylation sites (N-methyl/N-ethyl adjacent to an activating group) is 1. The van der Waals surface area contributed by atoms with Crippen LogP contribution >= 0.6 is 11.6 Å². The lowest BCUT2D eigenvalue weighted by atomic mass is 10.1. The van der Waals surface area contributed by atoms with Gasteiger partial charge >= 0.3 is 0 Å². The van der Waals surface area contributed by atoms with Crippen molar-refractivity contribution in [2.24, 2.45) is 0 Å². The molecule has 0 saturated carbocycles. The van der Waals surface area contributed by atoms with E-state index >= 15 is 0 Å². The molecule has 1 N–H and O–H groups in total. The van der Waals surface area contributed by atoms with E-state index in [-0.39, 0.29) is 12.0 Å². The SMILES string of the molecule is CN1CCOC(CNC(=O)Cc2ccccc2Cl)C1. The molecule has 0 radical (unpaired) electrons. The Morgan fingerprint density at radius 3 is 3.05 bits per heavy atom. The number of amides is 1. The molecule has 19 heavy (non-hydrogen) atoms. The molecule has 0 aliphatic carbocycles. The Morgan fingerprint density at radius 1 is 1.53 bits per heavy atom. The number of hydrogen-bond donors (Lipinski definition) is 1. The Kier molecular flexibility index (Phi) is 5.19. The first kappa shape index (κ1) is 14.3. The van der Waals surface area contributed by atoms with Gasteiger partial charge in [0.05, 0.1) is 19.1 Å². The number of halogens is 1. The van der Waals surface area contributed by atoms with Crippen LogP contribution in [0.4, 0.5) is 0 Å². The molecule has 2 rings (SSSR count). The summed E-state index contributed by atoms with van der Waals surface area (Å²) in [6.45, 7) is 3.08. The first-order valence-corrected chi connectivity index (χ1v) is 6.83. The molecule has 1 fully saturated rings. The minimum absolute atomic E-state index is 0.0232. The van der Waals surface area contributed by atoms with Crippen LogP contribution in [0.15, 0.2) is 24.3 Å². The molecule has 4 nitrogen and oxygen atoms in total. The smallest absolute Gasteiger partial charge is 0.224 e. The van der Waals surface area contributed by atoms with Crippen molar-refractivity contribution >= 4 is 17.5 Å². The molecule has 1 aromatic rings. The Hall–Kier alpha value is -1.10. The summed E-state index contributed by atoms with van der Waals surface area (Å²) in [5.74, 6) is -0.0232. The van der Waals surface area contributed by atoms with Gasteiger partial charge in [0.15, 0.2) is 0 Å². The molecule has 1 aliphatic heterocycles. The Labute approximate surface area is 118 Å². The lowest BCUT2D eigenvalue weighted by Gasteiger charge is -2.30. The van der Waals surface area contributed by atoms with Crippen LogP contribution in [0.5, 0.6) is 0 Å². The zero-order valence-electron chi connectivity index (χ0n) is 11.1. The van der Waals surface area contributed by atoms with E-state index in [2.05, 4.69) is 17.3 Å². The van der Waals surface area contributed by atoms with Gasteiger partial charge in [0.25, 0.3) is 0 Å². The third kappa shape index (κ3) is 4.49. The van der Waals surface area contributed by atoms with Gasteiger partial charge in [0.2, 0.25) is 5.91 Å². The highest BCUT2D eigenvalue weighted by Crippen LogP contribution is 2.15. The number of hydrogen-bond acceptors (Lipinski definition) is 3. The highest BCUT2D eigenvalue weighted by atomic mass is 35.5. The Balaban J connectivity index is 1.77. The van der Waals surface area contributed by atoms with Crippen molar-refractivity contribution in [3.8, 4) is 0 Å². The number of ether oxygens (including phenoxy) is 1. The van der Waals surface area contributed by atoms with Crippen LogP contribution in [0, 0.1) is 0 Å². The minimum Gasteiger partial charge on any atom is -0.374 e. The fourth-order valence-corrected chi connectivity index (χ4v) is 2.30. The molecule has 1 atom stereocenters. The summed E-state index contributed by atoms with van der Waals surface area (Å²) in [7, 11) is 2.06. The highest BCUT2D eigenvalue weighted by molar-refractivity contribution is 6.31. The van der Waals surface area contributed by atoms with Gasteiger partial charge in [-0.25, -0.2) is 0 Å². The molecule has 1 amide bonds. The zero-order valence-corrected chi connectivity index (χ0v) is 11.8.